The minimum atomic E-state index is -7.49. The van der Waals surface area contributed by atoms with Crippen LogP contribution in [0, 0.1) is 0 Å². The first kappa shape index (κ1) is 25.2. The van der Waals surface area contributed by atoms with E-state index in [1.165, 1.54) is 0 Å². The SMILES string of the molecule is CC(C)NC(=O)C(F)(F)C(F)(F)C(F)(F)C(F)(F)C(F)(F)C(=O)NC(C)C. The summed E-state index contributed by atoms with van der Waals surface area (Å²) in [5.41, 5.74) is 0. The van der Waals surface area contributed by atoms with E-state index in [9.17, 15) is 53.5 Å². The second-order valence-electron chi connectivity index (χ2n) is 6.13. The van der Waals surface area contributed by atoms with Crippen molar-refractivity contribution in [2.45, 2.75) is 69.4 Å². The number of alkyl halides is 10. The smallest absolute Gasteiger partial charge is 0.348 e. The van der Waals surface area contributed by atoms with Crippen LogP contribution in [0.5, 0.6) is 0 Å². The van der Waals surface area contributed by atoms with Crippen LogP contribution in [0.15, 0.2) is 0 Å². The summed E-state index contributed by atoms with van der Waals surface area (Å²) in [6.07, 6.45) is 0. The molecule has 4 nitrogen and oxygen atoms in total. The normalized spacial score (nSPS) is 14.5. The molecule has 0 atom stereocenters. The number of nitrogens with one attached hydrogen (secondary N) is 2. The number of carbonyl (C=O) groups excluding carboxylic acids is 2. The van der Waals surface area contributed by atoms with Crippen LogP contribution >= 0.6 is 0 Å². The lowest BCUT2D eigenvalue weighted by Crippen LogP contribution is -2.72. The fraction of sp³-hybridized carbons (Fsp3) is 0.846. The molecule has 0 aromatic heterocycles. The topological polar surface area (TPSA) is 58.2 Å². The Morgan fingerprint density at radius 3 is 0.963 bits per heavy atom. The molecule has 160 valence electrons. The lowest BCUT2D eigenvalue weighted by atomic mass is 9.93. The Bertz CT molecular complexity index is 527. The van der Waals surface area contributed by atoms with Gasteiger partial charge in [-0.2, -0.15) is 43.9 Å². The zero-order valence-corrected chi connectivity index (χ0v) is 14.3. The second kappa shape index (κ2) is 7.34. The number of amides is 2. The molecule has 0 bridgehead atoms. The van der Waals surface area contributed by atoms with Gasteiger partial charge in [0.05, 0.1) is 0 Å². The van der Waals surface area contributed by atoms with Crippen LogP contribution in [0.4, 0.5) is 43.9 Å². The van der Waals surface area contributed by atoms with Gasteiger partial charge in [-0.3, -0.25) is 9.59 Å². The molecule has 0 radical (unpaired) electrons. The molecule has 0 unspecified atom stereocenters. The Balaban J connectivity index is 6.19. The maximum absolute atomic E-state index is 13.5. The second-order valence-corrected chi connectivity index (χ2v) is 6.13. The van der Waals surface area contributed by atoms with Gasteiger partial charge >= 0.3 is 29.6 Å². The Kier molecular flexibility index (Phi) is 6.86. The van der Waals surface area contributed by atoms with Crippen LogP contribution in [0.2, 0.25) is 0 Å². The number of rotatable bonds is 8. The van der Waals surface area contributed by atoms with Crippen molar-refractivity contribution in [3.8, 4) is 0 Å². The Morgan fingerprint density at radius 1 is 0.556 bits per heavy atom. The predicted octanol–water partition coefficient (Wildman–Crippen LogP) is 3.21. The largest absolute Gasteiger partial charge is 0.392 e. The number of carbonyl (C=O) groups is 2. The van der Waals surface area contributed by atoms with Crippen molar-refractivity contribution in [3.05, 3.63) is 0 Å². The highest BCUT2D eigenvalue weighted by Gasteiger charge is 2.88. The van der Waals surface area contributed by atoms with E-state index in [1.54, 1.807) is 0 Å². The van der Waals surface area contributed by atoms with Gasteiger partial charge < -0.3 is 10.6 Å². The summed E-state index contributed by atoms with van der Waals surface area (Å²) in [7, 11) is 0. The molecule has 0 aliphatic heterocycles. The molecule has 0 spiro atoms. The maximum Gasteiger partial charge on any atom is 0.392 e. The third-order valence-corrected chi connectivity index (χ3v) is 2.99. The zero-order chi connectivity index (χ0) is 22.2. The lowest BCUT2D eigenvalue weighted by Gasteiger charge is -2.38. The summed E-state index contributed by atoms with van der Waals surface area (Å²) in [6.45, 7) is 3.79. The molecule has 2 amide bonds. The van der Waals surface area contributed by atoms with Crippen molar-refractivity contribution >= 4 is 11.8 Å². The standard InChI is InChI=1S/C13H16F10N2O2/c1-5(2)24-7(26)9(14,15)11(18,19)13(22,23)12(20,21)10(16,17)8(27)25-6(3)4/h5-6H,1-4H3,(H,24,26)(H,25,27). The molecule has 2 N–H and O–H groups in total. The van der Waals surface area contributed by atoms with Gasteiger partial charge in [0.15, 0.2) is 0 Å². The number of halogens is 10. The average Bonchev–Trinajstić information content (AvgIpc) is 2.44. The van der Waals surface area contributed by atoms with E-state index in [1.807, 2.05) is 0 Å². The van der Waals surface area contributed by atoms with Crippen molar-refractivity contribution in [1.82, 2.24) is 10.6 Å². The fourth-order valence-corrected chi connectivity index (χ4v) is 1.58. The molecule has 0 aromatic rings. The van der Waals surface area contributed by atoms with Crippen LogP contribution < -0.4 is 10.6 Å². The van der Waals surface area contributed by atoms with Gasteiger partial charge in [-0.25, -0.2) is 0 Å². The van der Waals surface area contributed by atoms with E-state index in [0.29, 0.717) is 0 Å². The molecule has 0 aliphatic carbocycles. The first-order chi connectivity index (χ1) is 11.7. The zero-order valence-electron chi connectivity index (χ0n) is 14.3. The highest BCUT2D eigenvalue weighted by Crippen LogP contribution is 2.57. The summed E-state index contributed by atoms with van der Waals surface area (Å²) in [4.78, 5) is 22.1. The van der Waals surface area contributed by atoms with E-state index in [4.69, 9.17) is 0 Å². The van der Waals surface area contributed by atoms with Gasteiger partial charge in [-0.15, -0.1) is 0 Å². The first-order valence-corrected chi connectivity index (χ1v) is 7.18. The summed E-state index contributed by atoms with van der Waals surface area (Å²) in [6, 6.07) is -2.60. The lowest BCUT2D eigenvalue weighted by molar-refractivity contribution is -0.388. The summed E-state index contributed by atoms with van der Waals surface area (Å²) in [5.74, 6) is -41.2. The van der Waals surface area contributed by atoms with Crippen molar-refractivity contribution < 1.29 is 53.5 Å². The molecule has 14 heteroatoms. The van der Waals surface area contributed by atoms with Crippen LogP contribution in [0.25, 0.3) is 0 Å². The Hall–Kier alpha value is -1.76. The minimum absolute atomic E-state index is 0.948. The van der Waals surface area contributed by atoms with Gasteiger partial charge in [0.2, 0.25) is 0 Å². The molecule has 0 saturated heterocycles. The molecule has 27 heavy (non-hydrogen) atoms. The predicted molar refractivity (Wildman–Crippen MR) is 71.3 cm³/mol. The highest BCUT2D eigenvalue weighted by atomic mass is 19.4. The summed E-state index contributed by atoms with van der Waals surface area (Å²) < 4.78 is 135. The van der Waals surface area contributed by atoms with Crippen LogP contribution in [-0.4, -0.2) is 53.5 Å². The molecular weight excluding hydrogens is 406 g/mol. The van der Waals surface area contributed by atoms with E-state index in [-0.39, 0.29) is 0 Å². The molecule has 0 rings (SSSR count). The molecule has 0 aromatic carbocycles. The van der Waals surface area contributed by atoms with Gasteiger partial charge in [0.1, 0.15) is 0 Å². The van der Waals surface area contributed by atoms with E-state index >= 15 is 0 Å². The van der Waals surface area contributed by atoms with Crippen LogP contribution in [0.1, 0.15) is 27.7 Å². The number of hydrogen-bond donors (Lipinski definition) is 2. The van der Waals surface area contributed by atoms with Crippen molar-refractivity contribution in [1.29, 1.82) is 0 Å². The van der Waals surface area contributed by atoms with E-state index < -0.39 is 53.5 Å². The van der Waals surface area contributed by atoms with Crippen molar-refractivity contribution in [2.24, 2.45) is 0 Å². The van der Waals surface area contributed by atoms with Gasteiger partial charge in [0, 0.05) is 12.1 Å². The minimum Gasteiger partial charge on any atom is -0.348 e. The van der Waals surface area contributed by atoms with E-state index in [2.05, 4.69) is 0 Å². The van der Waals surface area contributed by atoms with Crippen molar-refractivity contribution in [2.75, 3.05) is 0 Å². The van der Waals surface area contributed by atoms with Crippen LogP contribution in [-0.2, 0) is 9.59 Å². The average molecular weight is 422 g/mol. The molecule has 0 aliphatic rings. The van der Waals surface area contributed by atoms with Gasteiger partial charge in [-0.05, 0) is 27.7 Å². The number of hydrogen-bond acceptors (Lipinski definition) is 2. The van der Waals surface area contributed by atoms with Crippen LogP contribution in [0.3, 0.4) is 0 Å². The third kappa shape index (κ3) is 4.08. The quantitative estimate of drug-likeness (QED) is 0.591. The third-order valence-electron chi connectivity index (χ3n) is 2.99. The van der Waals surface area contributed by atoms with Gasteiger partial charge in [0.25, 0.3) is 11.8 Å². The summed E-state index contributed by atoms with van der Waals surface area (Å²) >= 11 is 0. The highest BCUT2D eigenvalue weighted by molar-refractivity contribution is 5.86. The maximum atomic E-state index is 13.5. The Labute approximate surface area is 146 Å². The van der Waals surface area contributed by atoms with Crippen molar-refractivity contribution in [3.63, 3.8) is 0 Å². The fourth-order valence-electron chi connectivity index (χ4n) is 1.58. The molecular formula is C13H16F10N2O2. The summed E-state index contributed by atoms with van der Waals surface area (Å²) in [5, 5.41) is 2.17. The Morgan fingerprint density at radius 2 is 0.778 bits per heavy atom. The monoisotopic (exact) mass is 422 g/mol. The molecule has 0 saturated carbocycles. The first-order valence-electron chi connectivity index (χ1n) is 7.18. The molecule has 0 fully saturated rings. The van der Waals surface area contributed by atoms with E-state index in [0.717, 1.165) is 38.3 Å². The molecule has 0 heterocycles. The van der Waals surface area contributed by atoms with Gasteiger partial charge in [-0.1, -0.05) is 0 Å².